The van der Waals surface area contributed by atoms with Crippen LogP contribution in [-0.4, -0.2) is 32.5 Å². The molecular weight excluding hydrogens is 222 g/mol. The lowest BCUT2D eigenvalue weighted by molar-refractivity contribution is 0.777. The fourth-order valence-electron chi connectivity index (χ4n) is 1.31. The number of tetrazole rings is 1. The minimum Gasteiger partial charge on any atom is -0.330 e. The van der Waals surface area contributed by atoms with Crippen molar-refractivity contribution in [3.8, 4) is 5.69 Å². The fourth-order valence-corrected chi connectivity index (χ4v) is 1.99. The van der Waals surface area contributed by atoms with Crippen molar-refractivity contribution in [2.24, 2.45) is 5.73 Å². The molecule has 0 atom stereocenters. The third-order valence-corrected chi connectivity index (χ3v) is 3.01. The monoisotopic (exact) mass is 235 g/mol. The Labute approximate surface area is 98.0 Å². The van der Waals surface area contributed by atoms with E-state index >= 15 is 0 Å². The van der Waals surface area contributed by atoms with Gasteiger partial charge in [0, 0.05) is 12.3 Å². The Hall–Kier alpha value is -1.40. The first kappa shape index (κ1) is 11.1. The van der Waals surface area contributed by atoms with Crippen molar-refractivity contribution in [2.45, 2.75) is 5.75 Å². The van der Waals surface area contributed by atoms with Gasteiger partial charge in [0.1, 0.15) is 0 Å². The van der Waals surface area contributed by atoms with E-state index in [1.165, 1.54) is 0 Å². The van der Waals surface area contributed by atoms with Gasteiger partial charge in [0.15, 0.2) is 5.82 Å². The molecule has 5 nitrogen and oxygen atoms in total. The summed E-state index contributed by atoms with van der Waals surface area (Å²) in [7, 11) is 0. The third kappa shape index (κ3) is 2.59. The first-order valence-corrected chi connectivity index (χ1v) is 6.18. The fraction of sp³-hybridized carbons (Fsp3) is 0.300. The van der Waals surface area contributed by atoms with Gasteiger partial charge in [-0.15, -0.1) is 5.10 Å². The number of aromatic nitrogens is 4. The average Bonchev–Trinajstić information content (AvgIpc) is 2.79. The smallest absolute Gasteiger partial charge is 0.166 e. The number of nitrogens with two attached hydrogens (primary N) is 1. The lowest BCUT2D eigenvalue weighted by Crippen LogP contribution is -2.05. The van der Waals surface area contributed by atoms with E-state index in [-0.39, 0.29) is 0 Å². The number of para-hydroxylation sites is 1. The van der Waals surface area contributed by atoms with E-state index in [0.717, 1.165) is 23.0 Å². The topological polar surface area (TPSA) is 69.6 Å². The highest BCUT2D eigenvalue weighted by Gasteiger charge is 2.06. The van der Waals surface area contributed by atoms with Crippen LogP contribution in [0, 0.1) is 0 Å². The summed E-state index contributed by atoms with van der Waals surface area (Å²) in [5.74, 6) is 2.55. The predicted octanol–water partition coefficient (Wildman–Crippen LogP) is 0.854. The number of nitrogens with zero attached hydrogens (tertiary/aromatic N) is 4. The zero-order valence-electron chi connectivity index (χ0n) is 8.78. The minimum absolute atomic E-state index is 0.678. The van der Waals surface area contributed by atoms with Crippen LogP contribution in [0.25, 0.3) is 5.69 Å². The molecule has 2 aromatic rings. The van der Waals surface area contributed by atoms with Crippen molar-refractivity contribution in [1.82, 2.24) is 20.2 Å². The highest BCUT2D eigenvalue weighted by Crippen LogP contribution is 2.12. The summed E-state index contributed by atoms with van der Waals surface area (Å²) in [5.41, 5.74) is 6.42. The molecule has 0 spiro atoms. The molecule has 0 radical (unpaired) electrons. The summed E-state index contributed by atoms with van der Waals surface area (Å²) < 4.78 is 1.75. The van der Waals surface area contributed by atoms with Crippen LogP contribution in [0.3, 0.4) is 0 Å². The van der Waals surface area contributed by atoms with E-state index in [4.69, 9.17) is 5.73 Å². The lowest BCUT2D eigenvalue weighted by atomic mass is 10.3. The first-order valence-electron chi connectivity index (χ1n) is 5.02. The number of hydrogen-bond donors (Lipinski definition) is 1. The van der Waals surface area contributed by atoms with E-state index in [0.29, 0.717) is 6.54 Å². The van der Waals surface area contributed by atoms with Crippen LogP contribution in [0.1, 0.15) is 5.82 Å². The van der Waals surface area contributed by atoms with Gasteiger partial charge in [-0.3, -0.25) is 0 Å². The summed E-state index contributed by atoms with van der Waals surface area (Å²) in [6, 6.07) is 9.86. The Morgan fingerprint density at radius 2 is 2.06 bits per heavy atom. The Balaban J connectivity index is 2.13. The molecule has 0 aliphatic heterocycles. The van der Waals surface area contributed by atoms with E-state index in [9.17, 15) is 0 Å². The Kier molecular flexibility index (Phi) is 3.90. The van der Waals surface area contributed by atoms with Crippen molar-refractivity contribution >= 4 is 11.8 Å². The molecule has 0 saturated heterocycles. The largest absolute Gasteiger partial charge is 0.330 e. The van der Waals surface area contributed by atoms with Crippen molar-refractivity contribution < 1.29 is 0 Å². The quantitative estimate of drug-likeness (QED) is 0.778. The molecule has 0 aliphatic carbocycles. The van der Waals surface area contributed by atoms with Gasteiger partial charge >= 0.3 is 0 Å². The third-order valence-electron chi connectivity index (χ3n) is 2.03. The number of hydrogen-bond acceptors (Lipinski definition) is 5. The minimum atomic E-state index is 0.678. The Bertz CT molecular complexity index is 428. The average molecular weight is 235 g/mol. The maximum Gasteiger partial charge on any atom is 0.166 e. The maximum atomic E-state index is 5.44. The summed E-state index contributed by atoms with van der Waals surface area (Å²) >= 11 is 1.73. The van der Waals surface area contributed by atoms with Crippen LogP contribution in [0.5, 0.6) is 0 Å². The van der Waals surface area contributed by atoms with E-state index in [2.05, 4.69) is 15.5 Å². The predicted molar refractivity (Wildman–Crippen MR) is 64.4 cm³/mol. The Morgan fingerprint density at radius 3 is 2.81 bits per heavy atom. The van der Waals surface area contributed by atoms with Gasteiger partial charge in [-0.05, 0) is 22.6 Å². The Morgan fingerprint density at radius 1 is 1.25 bits per heavy atom. The van der Waals surface area contributed by atoms with Gasteiger partial charge in [0.25, 0.3) is 0 Å². The van der Waals surface area contributed by atoms with E-state index < -0.39 is 0 Å². The van der Waals surface area contributed by atoms with Crippen LogP contribution < -0.4 is 5.73 Å². The van der Waals surface area contributed by atoms with Crippen molar-refractivity contribution in [1.29, 1.82) is 0 Å². The van der Waals surface area contributed by atoms with Crippen LogP contribution in [0.2, 0.25) is 0 Å². The molecular formula is C10H13N5S. The molecule has 16 heavy (non-hydrogen) atoms. The van der Waals surface area contributed by atoms with Gasteiger partial charge in [-0.2, -0.15) is 16.4 Å². The van der Waals surface area contributed by atoms with Crippen LogP contribution in [0.4, 0.5) is 0 Å². The van der Waals surface area contributed by atoms with Crippen LogP contribution >= 0.6 is 11.8 Å². The SMILES string of the molecule is NCCSCc1nnnn1-c1ccccc1. The highest BCUT2D eigenvalue weighted by molar-refractivity contribution is 7.98. The van der Waals surface area contributed by atoms with E-state index in [1.54, 1.807) is 16.4 Å². The lowest BCUT2D eigenvalue weighted by Gasteiger charge is -2.03. The first-order chi connectivity index (χ1) is 7.92. The molecule has 0 saturated carbocycles. The zero-order chi connectivity index (χ0) is 11.2. The zero-order valence-corrected chi connectivity index (χ0v) is 9.60. The van der Waals surface area contributed by atoms with E-state index in [1.807, 2.05) is 30.3 Å². The van der Waals surface area contributed by atoms with Crippen molar-refractivity contribution in [3.63, 3.8) is 0 Å². The molecule has 84 valence electrons. The highest BCUT2D eigenvalue weighted by atomic mass is 32.2. The van der Waals surface area contributed by atoms with Crippen LogP contribution in [0.15, 0.2) is 30.3 Å². The molecule has 0 unspecified atom stereocenters. The second kappa shape index (κ2) is 5.62. The second-order valence-corrected chi connectivity index (χ2v) is 4.29. The molecule has 0 amide bonds. The van der Waals surface area contributed by atoms with Crippen LogP contribution in [-0.2, 0) is 5.75 Å². The summed E-state index contributed by atoms with van der Waals surface area (Å²) in [6.07, 6.45) is 0. The van der Waals surface area contributed by atoms with Gasteiger partial charge in [-0.1, -0.05) is 18.2 Å². The van der Waals surface area contributed by atoms with Gasteiger partial charge in [-0.25, -0.2) is 0 Å². The number of thioether (sulfide) groups is 1. The number of rotatable bonds is 5. The molecule has 0 aliphatic rings. The molecule has 1 aromatic carbocycles. The summed E-state index contributed by atoms with van der Waals surface area (Å²) in [5, 5.41) is 11.7. The summed E-state index contributed by atoms with van der Waals surface area (Å²) in [4.78, 5) is 0. The molecule has 6 heteroatoms. The molecule has 0 bridgehead atoms. The normalized spacial score (nSPS) is 10.6. The van der Waals surface area contributed by atoms with Crippen molar-refractivity contribution in [2.75, 3.05) is 12.3 Å². The van der Waals surface area contributed by atoms with Gasteiger partial charge < -0.3 is 5.73 Å². The molecule has 1 heterocycles. The van der Waals surface area contributed by atoms with Crippen molar-refractivity contribution in [3.05, 3.63) is 36.2 Å². The molecule has 0 fully saturated rings. The standard InChI is InChI=1S/C10H13N5S/c11-6-7-16-8-10-12-13-14-15(10)9-4-2-1-3-5-9/h1-5H,6-8,11H2. The van der Waals surface area contributed by atoms with Gasteiger partial charge in [0.2, 0.25) is 0 Å². The maximum absolute atomic E-state index is 5.44. The molecule has 2 N–H and O–H groups in total. The number of benzene rings is 1. The second-order valence-electron chi connectivity index (χ2n) is 3.18. The summed E-state index contributed by atoms with van der Waals surface area (Å²) in [6.45, 7) is 0.678. The molecule has 1 aromatic heterocycles. The van der Waals surface area contributed by atoms with Gasteiger partial charge in [0.05, 0.1) is 11.4 Å². The molecule has 2 rings (SSSR count).